The molecule has 2 aromatic rings. The fraction of sp³-hybridized carbons (Fsp3) is 0.560. The number of hydrogen-bond donors (Lipinski definition) is 1. The SMILES string of the molecule is Cc1ccc(-c2nc(COC3CCCC[C@@H]3C(=O)N(C)C(C(=O)O)C(C)C)c(C)o2)cc1. The summed E-state index contributed by atoms with van der Waals surface area (Å²) in [6.45, 7) is 7.78. The highest BCUT2D eigenvalue weighted by Gasteiger charge is 2.38. The van der Waals surface area contributed by atoms with Crippen LogP contribution in [0, 0.1) is 25.7 Å². The molecule has 7 nitrogen and oxygen atoms in total. The molecule has 3 rings (SSSR count). The van der Waals surface area contributed by atoms with Crippen molar-refractivity contribution in [3.63, 3.8) is 0 Å². The number of carbonyl (C=O) groups excluding carboxylic acids is 1. The number of hydrogen-bond acceptors (Lipinski definition) is 5. The van der Waals surface area contributed by atoms with Gasteiger partial charge in [-0.25, -0.2) is 9.78 Å². The Hall–Kier alpha value is -2.67. The molecule has 1 aliphatic rings. The van der Waals surface area contributed by atoms with Gasteiger partial charge in [-0.1, -0.05) is 44.4 Å². The highest BCUT2D eigenvalue weighted by atomic mass is 16.5. The van der Waals surface area contributed by atoms with Crippen LogP contribution in [0.4, 0.5) is 0 Å². The molecule has 1 N–H and O–H groups in total. The van der Waals surface area contributed by atoms with Gasteiger partial charge in [-0.05, 0) is 44.7 Å². The maximum atomic E-state index is 13.2. The van der Waals surface area contributed by atoms with Gasteiger partial charge in [0.2, 0.25) is 11.8 Å². The smallest absolute Gasteiger partial charge is 0.326 e. The van der Waals surface area contributed by atoms with Crippen LogP contribution < -0.4 is 0 Å². The number of ether oxygens (including phenoxy) is 1. The van der Waals surface area contributed by atoms with Crippen LogP contribution in [0.25, 0.3) is 11.5 Å². The lowest BCUT2D eigenvalue weighted by atomic mass is 9.84. The molecule has 32 heavy (non-hydrogen) atoms. The minimum absolute atomic E-state index is 0.159. The lowest BCUT2D eigenvalue weighted by molar-refractivity contribution is -0.156. The standard InChI is InChI=1S/C25H34N2O5/c1-15(2)22(25(29)30)27(5)24(28)19-8-6-7-9-21(19)31-14-20-17(4)32-23(26-20)18-12-10-16(3)11-13-18/h10-13,15,19,21-22H,6-9,14H2,1-5H3,(H,29,30)/t19-,21?,22?/m0/s1. The fourth-order valence-electron chi connectivity index (χ4n) is 4.44. The van der Waals surface area contributed by atoms with Crippen molar-refractivity contribution in [2.45, 2.75) is 72.1 Å². The second-order valence-corrected chi connectivity index (χ2v) is 9.10. The van der Waals surface area contributed by atoms with Gasteiger partial charge in [-0.15, -0.1) is 0 Å². The van der Waals surface area contributed by atoms with Crippen LogP contribution in [0.5, 0.6) is 0 Å². The molecular formula is C25H34N2O5. The first-order chi connectivity index (χ1) is 15.2. The average Bonchev–Trinajstić information content (AvgIpc) is 3.12. The molecule has 0 aliphatic heterocycles. The Kier molecular flexibility index (Phi) is 7.72. The van der Waals surface area contributed by atoms with E-state index in [1.165, 1.54) is 10.5 Å². The van der Waals surface area contributed by atoms with Gasteiger partial charge in [0.25, 0.3) is 0 Å². The second-order valence-electron chi connectivity index (χ2n) is 9.10. The predicted octanol–water partition coefficient (Wildman–Crippen LogP) is 4.60. The molecule has 1 aromatic carbocycles. The van der Waals surface area contributed by atoms with Crippen molar-refractivity contribution in [2.75, 3.05) is 7.05 Å². The first-order valence-corrected chi connectivity index (χ1v) is 11.3. The number of likely N-dealkylation sites (N-methyl/N-ethyl adjacent to an activating group) is 1. The third-order valence-electron chi connectivity index (χ3n) is 6.29. The quantitative estimate of drug-likeness (QED) is 0.642. The van der Waals surface area contributed by atoms with E-state index in [4.69, 9.17) is 9.15 Å². The minimum Gasteiger partial charge on any atom is -0.480 e. The highest BCUT2D eigenvalue weighted by molar-refractivity contribution is 5.85. The van der Waals surface area contributed by atoms with Crippen LogP contribution in [0.2, 0.25) is 0 Å². The molecule has 174 valence electrons. The van der Waals surface area contributed by atoms with E-state index in [2.05, 4.69) is 4.98 Å². The number of carboxylic acids is 1. The van der Waals surface area contributed by atoms with Gasteiger partial charge in [-0.2, -0.15) is 0 Å². The maximum absolute atomic E-state index is 13.2. The van der Waals surface area contributed by atoms with E-state index < -0.39 is 12.0 Å². The molecule has 3 atom stereocenters. The summed E-state index contributed by atoms with van der Waals surface area (Å²) in [5.74, 6) is -0.417. The molecule has 0 saturated heterocycles. The van der Waals surface area contributed by atoms with Crippen molar-refractivity contribution in [1.82, 2.24) is 9.88 Å². The van der Waals surface area contributed by atoms with E-state index >= 15 is 0 Å². The van der Waals surface area contributed by atoms with Crippen LogP contribution in [-0.4, -0.2) is 46.1 Å². The summed E-state index contributed by atoms with van der Waals surface area (Å²) < 4.78 is 12.0. The van der Waals surface area contributed by atoms with E-state index in [-0.39, 0.29) is 30.5 Å². The summed E-state index contributed by atoms with van der Waals surface area (Å²) in [4.78, 5) is 30.9. The number of nitrogens with zero attached hydrogens (tertiary/aromatic N) is 2. The number of aliphatic carboxylic acids is 1. The van der Waals surface area contributed by atoms with Gasteiger partial charge in [0, 0.05) is 12.6 Å². The number of oxazole rings is 1. The van der Waals surface area contributed by atoms with Crippen LogP contribution in [-0.2, 0) is 20.9 Å². The maximum Gasteiger partial charge on any atom is 0.326 e. The zero-order valence-corrected chi connectivity index (χ0v) is 19.6. The van der Waals surface area contributed by atoms with Crippen LogP contribution in [0.1, 0.15) is 56.5 Å². The van der Waals surface area contributed by atoms with Crippen molar-refractivity contribution in [1.29, 1.82) is 0 Å². The number of aromatic nitrogens is 1. The van der Waals surface area contributed by atoms with E-state index in [0.29, 0.717) is 18.1 Å². The topological polar surface area (TPSA) is 92.9 Å². The first-order valence-electron chi connectivity index (χ1n) is 11.3. The van der Waals surface area contributed by atoms with Gasteiger partial charge in [0.1, 0.15) is 17.5 Å². The predicted molar refractivity (Wildman–Crippen MR) is 121 cm³/mol. The molecule has 1 heterocycles. The molecule has 0 bridgehead atoms. The minimum atomic E-state index is -0.981. The Balaban J connectivity index is 1.70. The van der Waals surface area contributed by atoms with Crippen molar-refractivity contribution in [3.05, 3.63) is 41.3 Å². The Morgan fingerprint density at radius 1 is 1.19 bits per heavy atom. The lowest BCUT2D eigenvalue weighted by Crippen LogP contribution is -2.50. The van der Waals surface area contributed by atoms with Crippen LogP contribution in [0.15, 0.2) is 28.7 Å². The second kappa shape index (κ2) is 10.3. The third kappa shape index (κ3) is 5.38. The zero-order valence-electron chi connectivity index (χ0n) is 19.6. The molecule has 1 fully saturated rings. The molecule has 2 unspecified atom stereocenters. The van der Waals surface area contributed by atoms with Crippen molar-refractivity contribution in [3.8, 4) is 11.5 Å². The number of carbonyl (C=O) groups is 2. The Morgan fingerprint density at radius 3 is 2.47 bits per heavy atom. The summed E-state index contributed by atoms with van der Waals surface area (Å²) in [6.07, 6.45) is 3.12. The highest BCUT2D eigenvalue weighted by Crippen LogP contribution is 2.31. The lowest BCUT2D eigenvalue weighted by Gasteiger charge is -2.36. The molecule has 1 saturated carbocycles. The molecule has 0 radical (unpaired) electrons. The van der Waals surface area contributed by atoms with Crippen LogP contribution in [0.3, 0.4) is 0 Å². The number of carboxylic acid groups (broad SMARTS) is 1. The zero-order chi connectivity index (χ0) is 23.4. The van der Waals surface area contributed by atoms with Gasteiger partial charge in [-0.3, -0.25) is 4.79 Å². The Labute approximate surface area is 189 Å². The van der Waals surface area contributed by atoms with E-state index in [9.17, 15) is 14.7 Å². The summed E-state index contributed by atoms with van der Waals surface area (Å²) in [5, 5.41) is 9.58. The number of amides is 1. The number of aryl methyl sites for hydroxylation is 2. The Morgan fingerprint density at radius 2 is 1.84 bits per heavy atom. The molecule has 0 spiro atoms. The summed E-state index contributed by atoms with van der Waals surface area (Å²) in [7, 11) is 1.59. The van der Waals surface area contributed by atoms with Crippen molar-refractivity contribution in [2.24, 2.45) is 11.8 Å². The Bertz CT molecular complexity index is 934. The summed E-state index contributed by atoms with van der Waals surface area (Å²) >= 11 is 0. The molecular weight excluding hydrogens is 408 g/mol. The van der Waals surface area contributed by atoms with E-state index in [1.807, 2.05) is 52.0 Å². The molecule has 1 amide bonds. The van der Waals surface area contributed by atoms with Gasteiger partial charge < -0.3 is 19.2 Å². The third-order valence-corrected chi connectivity index (χ3v) is 6.29. The van der Waals surface area contributed by atoms with E-state index in [0.717, 1.165) is 30.5 Å². The largest absolute Gasteiger partial charge is 0.480 e. The number of rotatable bonds is 8. The van der Waals surface area contributed by atoms with Gasteiger partial charge >= 0.3 is 5.97 Å². The first kappa shape index (κ1) is 24.0. The van der Waals surface area contributed by atoms with Gasteiger partial charge in [0.15, 0.2) is 0 Å². The number of benzene rings is 1. The molecule has 1 aliphatic carbocycles. The summed E-state index contributed by atoms with van der Waals surface area (Å²) in [5.41, 5.74) is 2.79. The van der Waals surface area contributed by atoms with Gasteiger partial charge in [0.05, 0.1) is 18.6 Å². The molecule has 1 aromatic heterocycles. The summed E-state index contributed by atoms with van der Waals surface area (Å²) in [6, 6.07) is 7.14. The normalized spacial score (nSPS) is 19.7. The molecule has 7 heteroatoms. The van der Waals surface area contributed by atoms with Crippen molar-refractivity contribution < 1.29 is 23.8 Å². The average molecular weight is 443 g/mol. The monoisotopic (exact) mass is 442 g/mol. The van der Waals surface area contributed by atoms with E-state index in [1.54, 1.807) is 7.05 Å². The van der Waals surface area contributed by atoms with Crippen molar-refractivity contribution >= 4 is 11.9 Å². The van der Waals surface area contributed by atoms with Crippen LogP contribution >= 0.6 is 0 Å². The fourth-order valence-corrected chi connectivity index (χ4v) is 4.44.